The van der Waals surface area contributed by atoms with E-state index in [9.17, 15) is 18.0 Å². The summed E-state index contributed by atoms with van der Waals surface area (Å²) in [7, 11) is -2.48. The number of carbonyl (C=O) groups is 2. The Bertz CT molecular complexity index is 922. The van der Waals surface area contributed by atoms with Crippen LogP contribution in [0.15, 0.2) is 52.0 Å². The molecule has 158 valence electrons. The first kappa shape index (κ1) is 22.6. The van der Waals surface area contributed by atoms with Gasteiger partial charge in [0.15, 0.2) is 0 Å². The van der Waals surface area contributed by atoms with Gasteiger partial charge in [-0.05, 0) is 45.0 Å². The van der Waals surface area contributed by atoms with E-state index in [1.807, 2.05) is 20.8 Å². The topological polar surface area (TPSA) is 99.9 Å². The van der Waals surface area contributed by atoms with Crippen LogP contribution in [0.5, 0.6) is 0 Å². The molecule has 0 aliphatic carbocycles. The monoisotopic (exact) mass is 421 g/mol. The molecule has 0 spiro atoms. The van der Waals surface area contributed by atoms with E-state index in [-0.39, 0.29) is 29.9 Å². The maximum atomic E-state index is 13.1. The van der Waals surface area contributed by atoms with Gasteiger partial charge in [-0.3, -0.25) is 9.59 Å². The summed E-state index contributed by atoms with van der Waals surface area (Å²) in [6, 6.07) is 9.64. The molecule has 2 rings (SSSR count). The van der Waals surface area contributed by atoms with Gasteiger partial charge >= 0.3 is 0 Å². The lowest BCUT2D eigenvalue weighted by Gasteiger charge is -2.24. The van der Waals surface area contributed by atoms with Gasteiger partial charge in [-0.25, -0.2) is 8.42 Å². The Hall–Kier alpha value is -2.65. The van der Waals surface area contributed by atoms with E-state index < -0.39 is 22.5 Å². The smallest absolute Gasteiger partial charge is 0.243 e. The molecule has 0 saturated heterocycles. The molecule has 0 atom stereocenters. The predicted molar refractivity (Wildman–Crippen MR) is 108 cm³/mol. The number of benzene rings is 1. The van der Waals surface area contributed by atoms with Crippen molar-refractivity contribution in [1.82, 2.24) is 14.5 Å². The van der Waals surface area contributed by atoms with Gasteiger partial charge in [0.2, 0.25) is 21.8 Å². The molecule has 1 heterocycles. The second-order valence-corrected chi connectivity index (χ2v) is 9.08. The summed E-state index contributed by atoms with van der Waals surface area (Å²) < 4.78 is 32.6. The lowest BCUT2D eigenvalue weighted by Crippen LogP contribution is -2.45. The van der Waals surface area contributed by atoms with Crippen molar-refractivity contribution in [3.8, 4) is 0 Å². The van der Waals surface area contributed by atoms with Crippen molar-refractivity contribution in [2.45, 2.75) is 38.3 Å². The van der Waals surface area contributed by atoms with Gasteiger partial charge < -0.3 is 14.6 Å². The summed E-state index contributed by atoms with van der Waals surface area (Å²) in [5.41, 5.74) is 0.925. The van der Waals surface area contributed by atoms with Gasteiger partial charge in [0.25, 0.3) is 0 Å². The zero-order chi connectivity index (χ0) is 21.6. The molecule has 1 N–H and O–H groups in total. The van der Waals surface area contributed by atoms with Crippen LogP contribution in [0.3, 0.4) is 0 Å². The van der Waals surface area contributed by atoms with Crippen LogP contribution in [0, 0.1) is 6.92 Å². The largest absolute Gasteiger partial charge is 0.468 e. The molecule has 0 fully saturated rings. The minimum Gasteiger partial charge on any atom is -0.468 e. The summed E-state index contributed by atoms with van der Waals surface area (Å²) in [5, 5.41) is 2.70. The Morgan fingerprint density at radius 2 is 1.76 bits per heavy atom. The highest BCUT2D eigenvalue weighted by molar-refractivity contribution is 7.89. The average molecular weight is 422 g/mol. The average Bonchev–Trinajstić information content (AvgIpc) is 3.13. The van der Waals surface area contributed by atoms with Crippen molar-refractivity contribution >= 4 is 21.8 Å². The highest BCUT2D eigenvalue weighted by Gasteiger charge is 2.29. The van der Waals surface area contributed by atoms with Gasteiger partial charge in [-0.2, -0.15) is 4.31 Å². The molecule has 2 aromatic rings. The number of nitrogens with one attached hydrogen (secondary N) is 1. The number of carbonyl (C=O) groups excluding carboxylic acids is 2. The number of furan rings is 1. The van der Waals surface area contributed by atoms with E-state index in [0.29, 0.717) is 5.76 Å². The lowest BCUT2D eigenvalue weighted by molar-refractivity contribution is -0.135. The quantitative estimate of drug-likeness (QED) is 0.665. The van der Waals surface area contributed by atoms with Crippen molar-refractivity contribution in [1.29, 1.82) is 0 Å². The molecule has 8 nitrogen and oxygen atoms in total. The first-order valence-electron chi connectivity index (χ1n) is 9.22. The van der Waals surface area contributed by atoms with Crippen LogP contribution in [0.2, 0.25) is 0 Å². The first-order chi connectivity index (χ1) is 13.6. The number of hydrogen-bond donors (Lipinski definition) is 1. The van der Waals surface area contributed by atoms with Crippen LogP contribution in [0.1, 0.15) is 25.2 Å². The molecule has 29 heavy (non-hydrogen) atoms. The van der Waals surface area contributed by atoms with Crippen molar-refractivity contribution in [3.63, 3.8) is 0 Å². The number of aryl methyl sites for hydroxylation is 1. The Morgan fingerprint density at radius 3 is 2.31 bits per heavy atom. The van der Waals surface area contributed by atoms with Gasteiger partial charge in [-0.15, -0.1) is 0 Å². The molecular weight excluding hydrogens is 394 g/mol. The molecule has 0 saturated carbocycles. The van der Waals surface area contributed by atoms with Crippen LogP contribution < -0.4 is 5.32 Å². The number of nitrogens with zero attached hydrogens (tertiary/aromatic N) is 2. The molecule has 1 aromatic carbocycles. The van der Waals surface area contributed by atoms with Crippen LogP contribution in [0.25, 0.3) is 0 Å². The number of sulfonamides is 1. The minimum absolute atomic E-state index is 0.0524. The van der Waals surface area contributed by atoms with Crippen LogP contribution in [-0.2, 0) is 26.2 Å². The maximum absolute atomic E-state index is 13.1. The molecule has 0 aliphatic heterocycles. The minimum atomic E-state index is -3.94. The fraction of sp³-hybridized carbons (Fsp3) is 0.400. The van der Waals surface area contributed by atoms with Crippen LogP contribution >= 0.6 is 0 Å². The van der Waals surface area contributed by atoms with Crippen molar-refractivity contribution in [3.05, 3.63) is 54.0 Å². The van der Waals surface area contributed by atoms with Gasteiger partial charge in [0.05, 0.1) is 30.8 Å². The van der Waals surface area contributed by atoms with Crippen molar-refractivity contribution in [2.75, 3.05) is 20.1 Å². The van der Waals surface area contributed by atoms with Crippen molar-refractivity contribution < 1.29 is 22.4 Å². The standard InChI is InChI=1S/C20H27N3O5S/c1-15(2)21-19(24)13-22(4)20(25)14-23(12-17-6-5-11-28-17)29(26,27)18-9-7-16(3)8-10-18/h5-11,15H,12-14H2,1-4H3,(H,21,24). The molecule has 1 aromatic heterocycles. The highest BCUT2D eigenvalue weighted by Crippen LogP contribution is 2.19. The van der Waals surface area contributed by atoms with E-state index in [1.165, 1.54) is 30.3 Å². The summed E-state index contributed by atoms with van der Waals surface area (Å²) in [6.07, 6.45) is 1.44. The molecule has 0 radical (unpaired) electrons. The van der Waals surface area contributed by atoms with Gasteiger partial charge in [-0.1, -0.05) is 17.7 Å². The summed E-state index contributed by atoms with van der Waals surface area (Å²) >= 11 is 0. The Balaban J connectivity index is 2.20. The van der Waals surface area contributed by atoms with E-state index in [1.54, 1.807) is 24.3 Å². The number of likely N-dealkylation sites (N-methyl/N-ethyl adjacent to an activating group) is 1. The molecular formula is C20H27N3O5S. The SMILES string of the molecule is Cc1ccc(S(=O)(=O)N(CC(=O)N(C)CC(=O)NC(C)C)Cc2ccco2)cc1. The first-order valence-corrected chi connectivity index (χ1v) is 10.7. The Kier molecular flexibility index (Phi) is 7.58. The zero-order valence-corrected chi connectivity index (χ0v) is 17.9. The fourth-order valence-electron chi connectivity index (χ4n) is 2.60. The van der Waals surface area contributed by atoms with Crippen LogP contribution in [0.4, 0.5) is 0 Å². The number of hydrogen-bond acceptors (Lipinski definition) is 5. The van der Waals surface area contributed by atoms with Crippen molar-refractivity contribution in [2.24, 2.45) is 0 Å². The van der Waals surface area contributed by atoms with Gasteiger partial charge in [0.1, 0.15) is 5.76 Å². The summed E-state index contributed by atoms with van der Waals surface area (Å²) in [5.74, 6) is -0.394. The molecule has 9 heteroatoms. The van der Waals surface area contributed by atoms with Gasteiger partial charge in [0, 0.05) is 13.1 Å². The third kappa shape index (κ3) is 6.43. The second-order valence-electron chi connectivity index (χ2n) is 7.14. The predicted octanol–water partition coefficient (Wildman–Crippen LogP) is 1.76. The number of amides is 2. The fourth-order valence-corrected chi connectivity index (χ4v) is 3.96. The highest BCUT2D eigenvalue weighted by atomic mass is 32.2. The van der Waals surface area contributed by atoms with E-state index in [2.05, 4.69) is 5.32 Å². The third-order valence-corrected chi connectivity index (χ3v) is 5.94. The molecule has 0 bridgehead atoms. The molecule has 2 amide bonds. The summed E-state index contributed by atoms with van der Waals surface area (Å²) in [6.45, 7) is 4.83. The van der Waals surface area contributed by atoms with E-state index in [4.69, 9.17) is 4.42 Å². The van der Waals surface area contributed by atoms with Crippen LogP contribution in [-0.4, -0.2) is 55.6 Å². The third-order valence-electron chi connectivity index (χ3n) is 4.14. The zero-order valence-electron chi connectivity index (χ0n) is 17.1. The second kappa shape index (κ2) is 9.71. The maximum Gasteiger partial charge on any atom is 0.243 e. The molecule has 0 unspecified atom stereocenters. The van der Waals surface area contributed by atoms with E-state index >= 15 is 0 Å². The van der Waals surface area contributed by atoms with E-state index in [0.717, 1.165) is 9.87 Å². The lowest BCUT2D eigenvalue weighted by atomic mass is 10.2. The Morgan fingerprint density at radius 1 is 1.10 bits per heavy atom. The molecule has 0 aliphatic rings. The normalized spacial score (nSPS) is 11.7. The number of rotatable bonds is 9. The summed E-state index contributed by atoms with van der Waals surface area (Å²) in [4.78, 5) is 25.8. The Labute approximate surface area is 171 Å².